The second kappa shape index (κ2) is 10.3. The molecule has 7 nitrogen and oxygen atoms in total. The lowest BCUT2D eigenvalue weighted by Crippen LogP contribution is -2.31. The summed E-state index contributed by atoms with van der Waals surface area (Å²) in [4.78, 5) is 17.6. The van der Waals surface area contributed by atoms with Crippen molar-refractivity contribution < 1.29 is 19.2 Å². The summed E-state index contributed by atoms with van der Waals surface area (Å²) in [5.41, 5.74) is 3.96. The molecule has 0 radical (unpaired) electrons. The van der Waals surface area contributed by atoms with Gasteiger partial charge in [-0.2, -0.15) is 4.98 Å². The van der Waals surface area contributed by atoms with Crippen LogP contribution in [0.15, 0.2) is 40.9 Å². The highest BCUT2D eigenvalue weighted by atomic mass is 35.5. The Balaban J connectivity index is 0.00000289. The van der Waals surface area contributed by atoms with Crippen molar-refractivity contribution in [2.24, 2.45) is 0 Å². The summed E-state index contributed by atoms with van der Waals surface area (Å²) in [6.45, 7) is 5.32. The average molecular weight is 478 g/mol. The van der Waals surface area contributed by atoms with E-state index in [1.54, 1.807) is 12.1 Å². The molecule has 0 unspecified atom stereocenters. The van der Waals surface area contributed by atoms with Crippen LogP contribution in [0.4, 0.5) is 0 Å². The van der Waals surface area contributed by atoms with E-state index in [1.165, 1.54) is 5.56 Å². The maximum atomic E-state index is 11.1. The molecule has 2 aromatic carbocycles. The number of fused-ring (bicyclic) bond motifs is 1. The molecule has 1 aliphatic rings. The molecule has 0 fully saturated rings. The number of nitrogens with zero attached hydrogens (tertiary/aromatic N) is 3. The molecule has 2 heterocycles. The number of halogens is 2. The third-order valence-electron chi connectivity index (χ3n) is 5.22. The molecule has 0 aliphatic carbocycles. The van der Waals surface area contributed by atoms with Crippen LogP contribution >= 0.6 is 24.0 Å². The number of hydrogen-bond acceptors (Lipinski definition) is 6. The fourth-order valence-electron chi connectivity index (χ4n) is 3.82. The van der Waals surface area contributed by atoms with Crippen LogP contribution in [0, 0.1) is 0 Å². The van der Waals surface area contributed by atoms with Gasteiger partial charge in [-0.3, -0.25) is 9.69 Å². The average Bonchev–Trinajstić information content (AvgIpc) is 3.12. The number of hydrogen-bond donors (Lipinski definition) is 1. The number of rotatable bonds is 6. The molecule has 0 saturated heterocycles. The largest absolute Gasteiger partial charge is 0.489 e. The highest BCUT2D eigenvalue weighted by Crippen LogP contribution is 2.32. The van der Waals surface area contributed by atoms with Crippen LogP contribution in [-0.4, -0.2) is 51.9 Å². The minimum atomic E-state index is -0.808. The van der Waals surface area contributed by atoms with Crippen molar-refractivity contribution in [2.75, 3.05) is 19.6 Å². The van der Waals surface area contributed by atoms with Gasteiger partial charge in [-0.15, -0.1) is 12.4 Å². The first kappa shape index (κ1) is 24.0. The van der Waals surface area contributed by atoms with Gasteiger partial charge in [0, 0.05) is 24.2 Å². The zero-order valence-electron chi connectivity index (χ0n) is 17.9. The molecule has 0 atom stereocenters. The van der Waals surface area contributed by atoms with E-state index in [0.717, 1.165) is 29.5 Å². The first-order valence-electron chi connectivity index (χ1n) is 10.3. The van der Waals surface area contributed by atoms with Gasteiger partial charge < -0.3 is 14.4 Å². The van der Waals surface area contributed by atoms with Crippen LogP contribution in [-0.2, 0) is 17.6 Å². The fraction of sp³-hybridized carbons (Fsp3) is 0.348. The van der Waals surface area contributed by atoms with Crippen molar-refractivity contribution in [3.8, 4) is 28.6 Å². The Labute approximate surface area is 197 Å². The molecule has 9 heteroatoms. The molecule has 0 spiro atoms. The lowest BCUT2D eigenvalue weighted by molar-refractivity contribution is -0.138. The summed E-state index contributed by atoms with van der Waals surface area (Å²) in [6.07, 6.45) is 1.54. The van der Waals surface area contributed by atoms with Gasteiger partial charge in [-0.05, 0) is 56.0 Å². The smallest absolute Gasteiger partial charge is 0.317 e. The van der Waals surface area contributed by atoms with Gasteiger partial charge in [-0.25, -0.2) is 0 Å². The number of ether oxygens (including phenoxy) is 1. The fourth-order valence-corrected chi connectivity index (χ4v) is 4.04. The molecule has 4 rings (SSSR count). The van der Waals surface area contributed by atoms with Crippen LogP contribution in [0.1, 0.15) is 25.0 Å². The number of carboxylic acid groups (broad SMARTS) is 1. The molecular weight excluding hydrogens is 453 g/mol. The van der Waals surface area contributed by atoms with Crippen LogP contribution in [0.2, 0.25) is 5.02 Å². The van der Waals surface area contributed by atoms with E-state index in [-0.39, 0.29) is 25.1 Å². The van der Waals surface area contributed by atoms with Crippen molar-refractivity contribution >= 4 is 30.0 Å². The molecule has 3 aromatic rings. The molecule has 0 bridgehead atoms. The van der Waals surface area contributed by atoms with Crippen LogP contribution in [0.5, 0.6) is 5.75 Å². The highest BCUT2D eigenvalue weighted by molar-refractivity contribution is 6.32. The molecule has 32 heavy (non-hydrogen) atoms. The van der Waals surface area contributed by atoms with E-state index in [0.29, 0.717) is 35.6 Å². The summed E-state index contributed by atoms with van der Waals surface area (Å²) in [5, 5.41) is 13.8. The van der Waals surface area contributed by atoms with Gasteiger partial charge in [-0.1, -0.05) is 35.0 Å². The summed E-state index contributed by atoms with van der Waals surface area (Å²) in [7, 11) is 0. The van der Waals surface area contributed by atoms with E-state index < -0.39 is 5.97 Å². The van der Waals surface area contributed by atoms with Crippen molar-refractivity contribution in [1.29, 1.82) is 0 Å². The third-order valence-corrected chi connectivity index (χ3v) is 5.51. The van der Waals surface area contributed by atoms with Gasteiger partial charge in [0.1, 0.15) is 5.75 Å². The summed E-state index contributed by atoms with van der Waals surface area (Å²) >= 11 is 6.35. The van der Waals surface area contributed by atoms with E-state index in [2.05, 4.69) is 16.2 Å². The molecule has 0 saturated carbocycles. The zero-order valence-corrected chi connectivity index (χ0v) is 19.4. The Morgan fingerprint density at radius 3 is 2.75 bits per heavy atom. The number of benzene rings is 2. The number of aliphatic carboxylic acids is 1. The van der Waals surface area contributed by atoms with Gasteiger partial charge in [0.15, 0.2) is 0 Å². The monoisotopic (exact) mass is 477 g/mol. The standard InChI is InChI=1S/C23H24ClN3O4.ClH/c1-14(2)30-20-7-6-16(12-19(20)24)23-25-22(26-31-23)18-5-3-4-15-8-10-27(13-21(28)29)11-9-17(15)18;/h3-7,12,14H,8-11,13H2,1-2H3,(H,28,29);1H. The minimum Gasteiger partial charge on any atom is -0.489 e. The quantitative estimate of drug-likeness (QED) is 0.547. The normalized spacial score (nSPS) is 13.9. The maximum absolute atomic E-state index is 11.1. The van der Waals surface area contributed by atoms with E-state index in [4.69, 9.17) is 26.0 Å². The van der Waals surface area contributed by atoms with Gasteiger partial charge in [0.25, 0.3) is 5.89 Å². The highest BCUT2D eigenvalue weighted by Gasteiger charge is 2.21. The third kappa shape index (κ3) is 5.41. The van der Waals surface area contributed by atoms with Gasteiger partial charge in [0.2, 0.25) is 5.82 Å². The van der Waals surface area contributed by atoms with Crippen molar-refractivity contribution in [1.82, 2.24) is 15.0 Å². The number of aromatic nitrogens is 2. The summed E-state index contributed by atoms with van der Waals surface area (Å²) in [5.74, 6) is 0.695. The lowest BCUT2D eigenvalue weighted by atomic mass is 9.97. The molecule has 0 amide bonds. The first-order valence-corrected chi connectivity index (χ1v) is 10.6. The molecule has 1 N–H and O–H groups in total. The second-order valence-corrected chi connectivity index (χ2v) is 8.26. The summed E-state index contributed by atoms with van der Waals surface area (Å²) < 4.78 is 11.2. The van der Waals surface area contributed by atoms with Gasteiger partial charge >= 0.3 is 5.97 Å². The van der Waals surface area contributed by atoms with Crippen LogP contribution < -0.4 is 4.74 Å². The molecule has 170 valence electrons. The molecule has 1 aliphatic heterocycles. The molecular formula is C23H25Cl2N3O4. The Kier molecular flexibility index (Phi) is 7.77. The Hall–Kier alpha value is -2.61. The van der Waals surface area contributed by atoms with Crippen LogP contribution in [0.25, 0.3) is 22.8 Å². The first-order chi connectivity index (χ1) is 14.9. The van der Waals surface area contributed by atoms with E-state index in [9.17, 15) is 4.79 Å². The number of carbonyl (C=O) groups is 1. The van der Waals surface area contributed by atoms with E-state index >= 15 is 0 Å². The zero-order chi connectivity index (χ0) is 22.0. The van der Waals surface area contributed by atoms with Crippen molar-refractivity contribution in [3.63, 3.8) is 0 Å². The minimum absolute atomic E-state index is 0. The Bertz CT molecular complexity index is 1100. The molecule has 1 aromatic heterocycles. The predicted octanol–water partition coefficient (Wildman–Crippen LogP) is 4.75. The predicted molar refractivity (Wildman–Crippen MR) is 125 cm³/mol. The summed E-state index contributed by atoms with van der Waals surface area (Å²) in [6, 6.07) is 11.4. The Morgan fingerprint density at radius 1 is 1.25 bits per heavy atom. The Morgan fingerprint density at radius 2 is 2.03 bits per heavy atom. The van der Waals surface area contributed by atoms with E-state index in [1.807, 2.05) is 36.9 Å². The lowest BCUT2D eigenvalue weighted by Gasteiger charge is -2.16. The van der Waals surface area contributed by atoms with Crippen LogP contribution in [0.3, 0.4) is 0 Å². The van der Waals surface area contributed by atoms with Crippen molar-refractivity contribution in [3.05, 3.63) is 52.5 Å². The maximum Gasteiger partial charge on any atom is 0.317 e. The number of carboxylic acids is 1. The second-order valence-electron chi connectivity index (χ2n) is 7.85. The topological polar surface area (TPSA) is 88.7 Å². The van der Waals surface area contributed by atoms with Crippen molar-refractivity contribution in [2.45, 2.75) is 32.8 Å². The SMILES string of the molecule is CC(C)Oc1ccc(-c2nc(-c3cccc4c3CCN(CC(=O)O)CC4)no2)cc1Cl.Cl. The van der Waals surface area contributed by atoms with Gasteiger partial charge in [0.05, 0.1) is 17.7 Å².